The van der Waals surface area contributed by atoms with E-state index in [9.17, 15) is 10.1 Å². The lowest BCUT2D eigenvalue weighted by Gasteiger charge is -2.07. The maximum atomic E-state index is 11.2. The van der Waals surface area contributed by atoms with E-state index >= 15 is 0 Å². The molecule has 0 radical (unpaired) electrons. The quantitative estimate of drug-likeness (QED) is 0.575. The average Bonchev–Trinajstić information content (AvgIpc) is 2.46. The molecule has 3 rings (SSSR count). The van der Waals surface area contributed by atoms with Crippen molar-refractivity contribution in [3.63, 3.8) is 0 Å². The molecule has 6 heteroatoms. The van der Waals surface area contributed by atoms with Crippen LogP contribution in [0.15, 0.2) is 42.5 Å². The van der Waals surface area contributed by atoms with E-state index in [-0.39, 0.29) is 11.5 Å². The number of rotatable bonds is 2. The predicted molar refractivity (Wildman–Crippen MR) is 80.8 cm³/mol. The SMILES string of the molecule is Cc1ccc(-c2nc3ccccc3nc2N)c([N+](=O)[O-])c1. The number of nitrogens with zero attached hydrogens (tertiary/aromatic N) is 3. The first kappa shape index (κ1) is 13.0. The van der Waals surface area contributed by atoms with Crippen molar-refractivity contribution in [2.75, 3.05) is 5.73 Å². The van der Waals surface area contributed by atoms with Gasteiger partial charge in [-0.2, -0.15) is 0 Å². The summed E-state index contributed by atoms with van der Waals surface area (Å²) in [6, 6.07) is 12.2. The summed E-state index contributed by atoms with van der Waals surface area (Å²) >= 11 is 0. The van der Waals surface area contributed by atoms with E-state index in [1.807, 2.05) is 12.1 Å². The highest BCUT2D eigenvalue weighted by molar-refractivity contribution is 5.85. The van der Waals surface area contributed by atoms with Gasteiger partial charge in [0.25, 0.3) is 5.69 Å². The Morgan fingerprint density at radius 2 is 1.76 bits per heavy atom. The molecule has 0 spiro atoms. The molecule has 3 aromatic rings. The van der Waals surface area contributed by atoms with Gasteiger partial charge in [-0.3, -0.25) is 10.1 Å². The summed E-state index contributed by atoms with van der Waals surface area (Å²) in [6.07, 6.45) is 0. The molecule has 6 nitrogen and oxygen atoms in total. The van der Waals surface area contributed by atoms with Gasteiger partial charge in [-0.05, 0) is 30.7 Å². The van der Waals surface area contributed by atoms with Crippen LogP contribution in [0.2, 0.25) is 0 Å². The average molecular weight is 280 g/mol. The van der Waals surface area contributed by atoms with E-state index < -0.39 is 4.92 Å². The molecular formula is C15H12N4O2. The van der Waals surface area contributed by atoms with Crippen LogP contribution in [0, 0.1) is 17.0 Å². The fraction of sp³-hybridized carbons (Fsp3) is 0.0667. The third-order valence-electron chi connectivity index (χ3n) is 3.20. The molecule has 0 aliphatic rings. The van der Waals surface area contributed by atoms with Gasteiger partial charge in [-0.1, -0.05) is 18.2 Å². The highest BCUT2D eigenvalue weighted by Gasteiger charge is 2.19. The molecule has 104 valence electrons. The Hall–Kier alpha value is -3.02. The molecule has 0 aliphatic heterocycles. The Morgan fingerprint density at radius 3 is 2.43 bits per heavy atom. The number of aromatic nitrogens is 2. The Balaban J connectivity index is 2.30. The molecule has 0 atom stereocenters. The fourth-order valence-corrected chi connectivity index (χ4v) is 2.20. The number of fused-ring (bicyclic) bond motifs is 1. The van der Waals surface area contributed by atoms with Crippen LogP contribution in [0.3, 0.4) is 0 Å². The first-order valence-electron chi connectivity index (χ1n) is 6.34. The number of nitro benzene ring substituents is 1. The maximum absolute atomic E-state index is 11.2. The lowest BCUT2D eigenvalue weighted by atomic mass is 10.1. The number of aryl methyl sites for hydroxylation is 1. The number of nitro groups is 1. The van der Waals surface area contributed by atoms with Crippen molar-refractivity contribution in [1.29, 1.82) is 0 Å². The van der Waals surface area contributed by atoms with E-state index in [1.165, 1.54) is 6.07 Å². The topological polar surface area (TPSA) is 94.9 Å². The van der Waals surface area contributed by atoms with Crippen LogP contribution >= 0.6 is 0 Å². The number of para-hydroxylation sites is 2. The van der Waals surface area contributed by atoms with Crippen LogP contribution in [0.1, 0.15) is 5.56 Å². The van der Waals surface area contributed by atoms with E-state index in [0.29, 0.717) is 22.3 Å². The second-order valence-electron chi connectivity index (χ2n) is 4.72. The van der Waals surface area contributed by atoms with Gasteiger partial charge in [-0.25, -0.2) is 9.97 Å². The third-order valence-corrected chi connectivity index (χ3v) is 3.20. The van der Waals surface area contributed by atoms with Crippen molar-refractivity contribution >= 4 is 22.5 Å². The Bertz CT molecular complexity index is 861. The molecule has 0 unspecified atom stereocenters. The molecule has 1 aromatic heterocycles. The normalized spacial score (nSPS) is 10.7. The van der Waals surface area contributed by atoms with Crippen molar-refractivity contribution in [3.05, 3.63) is 58.1 Å². The number of nitrogen functional groups attached to an aromatic ring is 1. The molecular weight excluding hydrogens is 268 g/mol. The van der Waals surface area contributed by atoms with Crippen LogP contribution in [0.25, 0.3) is 22.3 Å². The van der Waals surface area contributed by atoms with E-state index in [2.05, 4.69) is 9.97 Å². The van der Waals surface area contributed by atoms with Crippen molar-refractivity contribution in [3.8, 4) is 11.3 Å². The largest absolute Gasteiger partial charge is 0.382 e. The van der Waals surface area contributed by atoms with E-state index in [1.54, 1.807) is 31.2 Å². The standard InChI is InChI=1S/C15H12N4O2/c1-9-6-7-10(13(8-9)19(20)21)14-15(16)18-12-5-3-2-4-11(12)17-14/h2-8H,1H3,(H2,16,18). The summed E-state index contributed by atoms with van der Waals surface area (Å²) in [5.41, 5.74) is 8.73. The van der Waals surface area contributed by atoms with E-state index in [4.69, 9.17) is 5.73 Å². The highest BCUT2D eigenvalue weighted by Crippen LogP contribution is 2.33. The van der Waals surface area contributed by atoms with Gasteiger partial charge < -0.3 is 5.73 Å². The number of benzene rings is 2. The predicted octanol–water partition coefficient (Wildman–Crippen LogP) is 3.10. The van der Waals surface area contributed by atoms with Crippen LogP contribution in [0.5, 0.6) is 0 Å². The summed E-state index contributed by atoms with van der Waals surface area (Å²) in [5, 5.41) is 11.2. The second kappa shape index (κ2) is 4.82. The summed E-state index contributed by atoms with van der Waals surface area (Å²) in [4.78, 5) is 19.5. The van der Waals surface area contributed by atoms with Crippen LogP contribution in [-0.4, -0.2) is 14.9 Å². The summed E-state index contributed by atoms with van der Waals surface area (Å²) in [7, 11) is 0. The van der Waals surface area contributed by atoms with Gasteiger partial charge in [0.15, 0.2) is 5.82 Å². The monoisotopic (exact) mass is 280 g/mol. The lowest BCUT2D eigenvalue weighted by molar-refractivity contribution is -0.384. The molecule has 2 N–H and O–H groups in total. The smallest absolute Gasteiger partial charge is 0.279 e. The van der Waals surface area contributed by atoms with Gasteiger partial charge in [-0.15, -0.1) is 0 Å². The Morgan fingerprint density at radius 1 is 1.10 bits per heavy atom. The minimum Gasteiger partial charge on any atom is -0.382 e. The molecule has 0 aliphatic carbocycles. The Labute approximate surface area is 120 Å². The summed E-state index contributed by atoms with van der Waals surface area (Å²) in [6.45, 7) is 1.80. The molecule has 1 heterocycles. The van der Waals surface area contributed by atoms with Crippen LogP contribution in [0.4, 0.5) is 11.5 Å². The van der Waals surface area contributed by atoms with Gasteiger partial charge in [0, 0.05) is 6.07 Å². The van der Waals surface area contributed by atoms with Gasteiger partial charge in [0.2, 0.25) is 0 Å². The van der Waals surface area contributed by atoms with Gasteiger partial charge >= 0.3 is 0 Å². The highest BCUT2D eigenvalue weighted by atomic mass is 16.6. The summed E-state index contributed by atoms with van der Waals surface area (Å²) < 4.78 is 0. The third kappa shape index (κ3) is 2.27. The van der Waals surface area contributed by atoms with Crippen LogP contribution < -0.4 is 5.73 Å². The maximum Gasteiger partial charge on any atom is 0.279 e. The zero-order chi connectivity index (χ0) is 15.0. The molecule has 0 bridgehead atoms. The number of hydrogen-bond acceptors (Lipinski definition) is 5. The molecule has 0 fully saturated rings. The van der Waals surface area contributed by atoms with Gasteiger partial charge in [0.05, 0.1) is 21.5 Å². The number of nitrogens with two attached hydrogens (primary N) is 1. The minimum atomic E-state index is -0.432. The van der Waals surface area contributed by atoms with Crippen molar-refractivity contribution in [2.45, 2.75) is 6.92 Å². The summed E-state index contributed by atoms with van der Waals surface area (Å²) in [5.74, 6) is 0.181. The zero-order valence-corrected chi connectivity index (χ0v) is 11.3. The number of anilines is 1. The molecule has 21 heavy (non-hydrogen) atoms. The second-order valence-corrected chi connectivity index (χ2v) is 4.72. The molecule has 0 saturated carbocycles. The lowest BCUT2D eigenvalue weighted by Crippen LogP contribution is -2.01. The van der Waals surface area contributed by atoms with Gasteiger partial charge in [0.1, 0.15) is 5.69 Å². The molecule has 0 saturated heterocycles. The van der Waals surface area contributed by atoms with Crippen molar-refractivity contribution in [1.82, 2.24) is 9.97 Å². The first-order chi connectivity index (χ1) is 10.1. The first-order valence-corrected chi connectivity index (χ1v) is 6.34. The zero-order valence-electron chi connectivity index (χ0n) is 11.3. The molecule has 2 aromatic carbocycles. The van der Waals surface area contributed by atoms with Crippen LogP contribution in [-0.2, 0) is 0 Å². The van der Waals surface area contributed by atoms with Crippen molar-refractivity contribution in [2.24, 2.45) is 0 Å². The Kier molecular flexibility index (Phi) is 2.98. The van der Waals surface area contributed by atoms with E-state index in [0.717, 1.165) is 5.56 Å². The fourth-order valence-electron chi connectivity index (χ4n) is 2.20. The number of hydrogen-bond donors (Lipinski definition) is 1. The molecule has 0 amide bonds. The minimum absolute atomic E-state index is 0.0220. The van der Waals surface area contributed by atoms with Crippen molar-refractivity contribution < 1.29 is 4.92 Å².